The zero-order valence-electron chi connectivity index (χ0n) is 7.81. The van der Waals surface area contributed by atoms with Gasteiger partial charge >= 0.3 is 0 Å². The van der Waals surface area contributed by atoms with Gasteiger partial charge in [-0.05, 0) is 12.1 Å². The molecule has 0 amide bonds. The Bertz CT molecular complexity index is 434. The van der Waals surface area contributed by atoms with Crippen LogP contribution in [0.2, 0.25) is 0 Å². The summed E-state index contributed by atoms with van der Waals surface area (Å²) in [6, 6.07) is 3.70. The molecule has 0 saturated heterocycles. The molecule has 0 fully saturated rings. The Morgan fingerprint density at radius 2 is 2.36 bits per heavy atom. The van der Waals surface area contributed by atoms with Gasteiger partial charge in [-0.15, -0.1) is 0 Å². The van der Waals surface area contributed by atoms with Gasteiger partial charge in [0.15, 0.2) is 0 Å². The van der Waals surface area contributed by atoms with E-state index in [1.54, 1.807) is 17.1 Å². The molecule has 0 spiro atoms. The summed E-state index contributed by atoms with van der Waals surface area (Å²) in [7, 11) is 1.86. The smallest absolute Gasteiger partial charge is 0.147 e. The summed E-state index contributed by atoms with van der Waals surface area (Å²) in [4.78, 5) is 3.97. The van der Waals surface area contributed by atoms with Crippen LogP contribution in [0.1, 0.15) is 0 Å². The molecule has 2 rings (SSSR count). The van der Waals surface area contributed by atoms with Crippen LogP contribution in [0.4, 0.5) is 17.2 Å². The van der Waals surface area contributed by atoms with E-state index in [-0.39, 0.29) is 0 Å². The van der Waals surface area contributed by atoms with Crippen molar-refractivity contribution in [3.05, 3.63) is 30.7 Å². The van der Waals surface area contributed by atoms with Crippen LogP contribution in [-0.4, -0.2) is 14.8 Å². The van der Waals surface area contributed by atoms with E-state index in [1.165, 1.54) is 0 Å². The Labute approximate surface area is 81.6 Å². The Kier molecular flexibility index (Phi) is 2.06. The van der Waals surface area contributed by atoms with Crippen LogP contribution in [-0.2, 0) is 7.05 Å². The minimum absolute atomic E-state index is 0.483. The fourth-order valence-electron chi connectivity index (χ4n) is 1.16. The minimum atomic E-state index is 0.483. The van der Waals surface area contributed by atoms with Gasteiger partial charge in [-0.1, -0.05) is 0 Å². The largest absolute Gasteiger partial charge is 0.382 e. The number of aryl methyl sites for hydroxylation is 1. The first-order chi connectivity index (χ1) is 6.75. The third-order valence-corrected chi connectivity index (χ3v) is 1.82. The predicted molar refractivity (Wildman–Crippen MR) is 55.1 cm³/mol. The Morgan fingerprint density at radius 1 is 1.50 bits per heavy atom. The van der Waals surface area contributed by atoms with E-state index in [0.29, 0.717) is 5.82 Å². The monoisotopic (exact) mass is 189 g/mol. The van der Waals surface area contributed by atoms with Crippen molar-refractivity contribution < 1.29 is 0 Å². The van der Waals surface area contributed by atoms with Crippen molar-refractivity contribution in [3.8, 4) is 0 Å². The van der Waals surface area contributed by atoms with Gasteiger partial charge in [0.25, 0.3) is 0 Å². The van der Waals surface area contributed by atoms with Crippen LogP contribution in [0, 0.1) is 0 Å². The van der Waals surface area contributed by atoms with Crippen molar-refractivity contribution in [3.63, 3.8) is 0 Å². The van der Waals surface area contributed by atoms with E-state index in [0.717, 1.165) is 11.4 Å². The number of aromatic nitrogens is 3. The van der Waals surface area contributed by atoms with Crippen LogP contribution in [0.15, 0.2) is 30.7 Å². The molecule has 0 aromatic carbocycles. The molecule has 0 saturated carbocycles. The summed E-state index contributed by atoms with van der Waals surface area (Å²) in [6.07, 6.45) is 5.25. The highest BCUT2D eigenvalue weighted by atomic mass is 15.3. The van der Waals surface area contributed by atoms with Gasteiger partial charge in [-0.3, -0.25) is 4.68 Å². The first-order valence-corrected chi connectivity index (χ1v) is 4.22. The number of nitrogens with two attached hydrogens (primary N) is 1. The average Bonchev–Trinajstić information content (AvgIpc) is 2.56. The molecule has 14 heavy (non-hydrogen) atoms. The van der Waals surface area contributed by atoms with Gasteiger partial charge in [-0.2, -0.15) is 5.10 Å². The molecular weight excluding hydrogens is 178 g/mol. The number of nitrogens with zero attached hydrogens (tertiary/aromatic N) is 3. The molecule has 5 heteroatoms. The molecular formula is C9H11N5. The van der Waals surface area contributed by atoms with Gasteiger partial charge in [0.2, 0.25) is 0 Å². The minimum Gasteiger partial charge on any atom is -0.382 e. The predicted octanol–water partition coefficient (Wildman–Crippen LogP) is 1.14. The fourth-order valence-corrected chi connectivity index (χ4v) is 1.16. The van der Waals surface area contributed by atoms with Gasteiger partial charge in [-0.25, -0.2) is 4.98 Å². The number of anilines is 3. The second-order valence-corrected chi connectivity index (χ2v) is 2.96. The lowest BCUT2D eigenvalue weighted by Gasteiger charge is -2.04. The summed E-state index contributed by atoms with van der Waals surface area (Å²) < 4.78 is 1.72. The van der Waals surface area contributed by atoms with Crippen molar-refractivity contribution in [1.82, 2.24) is 14.8 Å². The molecule has 0 unspecified atom stereocenters. The van der Waals surface area contributed by atoms with Gasteiger partial charge in [0, 0.05) is 19.4 Å². The lowest BCUT2D eigenvalue weighted by atomic mass is 10.3. The van der Waals surface area contributed by atoms with Crippen LogP contribution >= 0.6 is 0 Å². The van der Waals surface area contributed by atoms with E-state index in [2.05, 4.69) is 15.4 Å². The van der Waals surface area contributed by atoms with Crippen molar-refractivity contribution in [2.45, 2.75) is 0 Å². The number of rotatable bonds is 2. The summed E-state index contributed by atoms with van der Waals surface area (Å²) >= 11 is 0. The maximum Gasteiger partial charge on any atom is 0.147 e. The van der Waals surface area contributed by atoms with Crippen molar-refractivity contribution in [2.24, 2.45) is 7.05 Å². The van der Waals surface area contributed by atoms with Gasteiger partial charge in [0.1, 0.15) is 5.82 Å². The summed E-state index contributed by atoms with van der Waals surface area (Å²) in [5.41, 5.74) is 7.36. The third kappa shape index (κ3) is 1.66. The van der Waals surface area contributed by atoms with E-state index in [9.17, 15) is 0 Å². The second-order valence-electron chi connectivity index (χ2n) is 2.96. The van der Waals surface area contributed by atoms with Crippen LogP contribution < -0.4 is 11.1 Å². The lowest BCUT2D eigenvalue weighted by Crippen LogP contribution is -1.97. The normalized spacial score (nSPS) is 10.1. The Hall–Kier alpha value is -2.04. The van der Waals surface area contributed by atoms with E-state index >= 15 is 0 Å². The molecule has 3 N–H and O–H groups in total. The summed E-state index contributed by atoms with van der Waals surface area (Å²) in [5, 5.41) is 7.16. The number of nitrogens with one attached hydrogen (secondary N) is 1. The molecule has 0 radical (unpaired) electrons. The zero-order chi connectivity index (χ0) is 9.97. The number of hydrogen-bond acceptors (Lipinski definition) is 4. The van der Waals surface area contributed by atoms with Crippen molar-refractivity contribution in [1.29, 1.82) is 0 Å². The van der Waals surface area contributed by atoms with E-state index in [1.807, 2.05) is 25.4 Å². The standard InChI is InChI=1S/C9H11N5/c1-14-6-7(5-12-14)13-8-3-2-4-11-9(8)10/h2-6,13H,1H3,(H2,10,11). The first kappa shape index (κ1) is 8.55. The molecule has 0 aliphatic carbocycles. The summed E-state index contributed by atoms with van der Waals surface area (Å²) in [6.45, 7) is 0. The number of nitrogen functional groups attached to an aromatic ring is 1. The maximum absolute atomic E-state index is 5.67. The lowest BCUT2D eigenvalue weighted by molar-refractivity contribution is 0.768. The molecule has 2 aromatic rings. The fraction of sp³-hybridized carbons (Fsp3) is 0.111. The highest BCUT2D eigenvalue weighted by Gasteiger charge is 2.00. The summed E-state index contributed by atoms with van der Waals surface area (Å²) in [5.74, 6) is 0.483. The third-order valence-electron chi connectivity index (χ3n) is 1.82. The van der Waals surface area contributed by atoms with Gasteiger partial charge in [0.05, 0.1) is 17.6 Å². The van der Waals surface area contributed by atoms with Crippen molar-refractivity contribution in [2.75, 3.05) is 11.1 Å². The highest BCUT2D eigenvalue weighted by molar-refractivity contribution is 5.68. The number of hydrogen-bond donors (Lipinski definition) is 2. The SMILES string of the molecule is Cn1cc(Nc2cccnc2N)cn1. The van der Waals surface area contributed by atoms with Crippen LogP contribution in [0.3, 0.4) is 0 Å². The molecule has 0 aliphatic rings. The quantitative estimate of drug-likeness (QED) is 0.743. The molecule has 2 aromatic heterocycles. The van der Waals surface area contributed by atoms with Crippen LogP contribution in [0.5, 0.6) is 0 Å². The highest BCUT2D eigenvalue weighted by Crippen LogP contribution is 2.19. The Balaban J connectivity index is 2.23. The van der Waals surface area contributed by atoms with E-state index < -0.39 is 0 Å². The molecule has 72 valence electrons. The maximum atomic E-state index is 5.67. The molecule has 0 aliphatic heterocycles. The number of pyridine rings is 1. The first-order valence-electron chi connectivity index (χ1n) is 4.22. The molecule has 0 atom stereocenters. The van der Waals surface area contributed by atoms with Gasteiger partial charge < -0.3 is 11.1 Å². The average molecular weight is 189 g/mol. The van der Waals surface area contributed by atoms with Crippen molar-refractivity contribution >= 4 is 17.2 Å². The second kappa shape index (κ2) is 3.37. The van der Waals surface area contributed by atoms with E-state index in [4.69, 9.17) is 5.73 Å². The zero-order valence-corrected chi connectivity index (χ0v) is 7.81. The Morgan fingerprint density at radius 3 is 3.00 bits per heavy atom. The molecule has 5 nitrogen and oxygen atoms in total. The molecule has 2 heterocycles. The van der Waals surface area contributed by atoms with Crippen LogP contribution in [0.25, 0.3) is 0 Å². The molecule has 0 bridgehead atoms. The topological polar surface area (TPSA) is 68.8 Å².